The molecule has 1 saturated heterocycles. The summed E-state index contributed by atoms with van der Waals surface area (Å²) in [7, 11) is 0. The molecule has 0 spiro atoms. The summed E-state index contributed by atoms with van der Waals surface area (Å²) in [4.78, 5) is 4.61. The van der Waals surface area contributed by atoms with E-state index in [9.17, 15) is 0 Å². The monoisotopic (exact) mass is 453 g/mol. The van der Waals surface area contributed by atoms with Crippen molar-refractivity contribution in [1.29, 1.82) is 0 Å². The Labute approximate surface area is 168 Å². The van der Waals surface area contributed by atoms with Gasteiger partial charge in [-0.1, -0.05) is 43.9 Å². The van der Waals surface area contributed by atoms with Crippen LogP contribution in [0.15, 0.2) is 35.3 Å². The number of nitrogens with one attached hydrogen (secondary N) is 2. The van der Waals surface area contributed by atoms with Crippen molar-refractivity contribution in [3.05, 3.63) is 35.9 Å². The van der Waals surface area contributed by atoms with Crippen LogP contribution in [0.3, 0.4) is 0 Å². The van der Waals surface area contributed by atoms with Gasteiger partial charge in [0.1, 0.15) is 6.54 Å². The number of aliphatic imine (C=N–C) groups is 1. The number of ether oxygens (including phenoxy) is 1. The number of nitrogens with zero attached hydrogens (tertiary/aromatic N) is 1. The SMILES string of the molecule is CCNC(=NCC#Cc1ccccc1)NC1C2CCOC2C1(C)C.I. The molecule has 3 rings (SSSR count). The van der Waals surface area contributed by atoms with Crippen LogP contribution in [0.5, 0.6) is 0 Å². The van der Waals surface area contributed by atoms with Gasteiger partial charge in [-0.15, -0.1) is 24.0 Å². The summed E-state index contributed by atoms with van der Waals surface area (Å²) in [6.45, 7) is 8.84. The predicted molar refractivity (Wildman–Crippen MR) is 113 cm³/mol. The highest BCUT2D eigenvalue weighted by Gasteiger charge is 2.59. The Morgan fingerprint density at radius 1 is 1.32 bits per heavy atom. The second-order valence-electron chi connectivity index (χ2n) is 7.05. The van der Waals surface area contributed by atoms with E-state index in [1.165, 1.54) is 0 Å². The molecule has 3 unspecified atom stereocenters. The van der Waals surface area contributed by atoms with Crippen molar-refractivity contribution in [3.8, 4) is 11.8 Å². The number of hydrogen-bond acceptors (Lipinski definition) is 2. The number of rotatable bonds is 3. The largest absolute Gasteiger partial charge is 0.377 e. The van der Waals surface area contributed by atoms with Crippen LogP contribution < -0.4 is 10.6 Å². The first-order valence-electron chi connectivity index (χ1n) is 8.83. The average molecular weight is 453 g/mol. The van der Waals surface area contributed by atoms with Crippen molar-refractivity contribution < 1.29 is 4.74 Å². The summed E-state index contributed by atoms with van der Waals surface area (Å²) in [6.07, 6.45) is 1.52. The van der Waals surface area contributed by atoms with Crippen LogP contribution in [-0.4, -0.2) is 37.8 Å². The third-order valence-electron chi connectivity index (χ3n) is 5.06. The van der Waals surface area contributed by atoms with E-state index in [1.807, 2.05) is 30.3 Å². The van der Waals surface area contributed by atoms with Crippen molar-refractivity contribution in [2.75, 3.05) is 19.7 Å². The van der Waals surface area contributed by atoms with Gasteiger partial charge in [-0.05, 0) is 25.5 Å². The van der Waals surface area contributed by atoms with E-state index in [-0.39, 0.29) is 29.4 Å². The van der Waals surface area contributed by atoms with Gasteiger partial charge < -0.3 is 15.4 Å². The lowest BCUT2D eigenvalue weighted by molar-refractivity contribution is -0.106. The van der Waals surface area contributed by atoms with Gasteiger partial charge in [0.15, 0.2) is 5.96 Å². The zero-order valence-corrected chi connectivity index (χ0v) is 17.5. The highest BCUT2D eigenvalue weighted by atomic mass is 127. The number of fused-ring (bicyclic) bond motifs is 1. The van der Waals surface area contributed by atoms with E-state index < -0.39 is 0 Å². The fraction of sp³-hybridized carbons (Fsp3) is 0.550. The van der Waals surface area contributed by atoms with Crippen molar-refractivity contribution in [3.63, 3.8) is 0 Å². The number of benzene rings is 1. The Hall–Kier alpha value is -1.26. The molecule has 1 saturated carbocycles. The van der Waals surface area contributed by atoms with Gasteiger partial charge in [0.25, 0.3) is 0 Å². The molecule has 0 aromatic heterocycles. The van der Waals surface area contributed by atoms with Gasteiger partial charge in [-0.3, -0.25) is 0 Å². The van der Waals surface area contributed by atoms with Crippen molar-refractivity contribution >= 4 is 29.9 Å². The summed E-state index contributed by atoms with van der Waals surface area (Å²) in [5.74, 6) is 7.72. The van der Waals surface area contributed by atoms with Gasteiger partial charge in [0.05, 0.1) is 6.10 Å². The third-order valence-corrected chi connectivity index (χ3v) is 5.06. The zero-order valence-electron chi connectivity index (χ0n) is 15.2. The maximum absolute atomic E-state index is 5.86. The molecule has 5 heteroatoms. The summed E-state index contributed by atoms with van der Waals surface area (Å²) in [6, 6.07) is 10.4. The van der Waals surface area contributed by atoms with E-state index in [2.05, 4.69) is 48.2 Å². The molecule has 2 N–H and O–H groups in total. The fourth-order valence-corrected chi connectivity index (χ4v) is 3.87. The van der Waals surface area contributed by atoms with Crippen LogP contribution in [0.1, 0.15) is 32.8 Å². The molecule has 136 valence electrons. The van der Waals surface area contributed by atoms with E-state index in [1.54, 1.807) is 0 Å². The van der Waals surface area contributed by atoms with Crippen LogP contribution in [0.4, 0.5) is 0 Å². The maximum Gasteiger partial charge on any atom is 0.192 e. The van der Waals surface area contributed by atoms with E-state index in [0.717, 1.165) is 31.1 Å². The van der Waals surface area contributed by atoms with Crippen LogP contribution in [0.25, 0.3) is 0 Å². The number of hydrogen-bond donors (Lipinski definition) is 2. The minimum atomic E-state index is 0. The van der Waals surface area contributed by atoms with Crippen molar-refractivity contribution in [2.45, 2.75) is 39.3 Å². The first kappa shape index (κ1) is 20.1. The van der Waals surface area contributed by atoms with Crippen molar-refractivity contribution in [1.82, 2.24) is 10.6 Å². The Morgan fingerprint density at radius 3 is 2.80 bits per heavy atom. The van der Waals surface area contributed by atoms with Gasteiger partial charge in [0, 0.05) is 36.1 Å². The summed E-state index contributed by atoms with van der Waals surface area (Å²) in [5.41, 5.74) is 1.17. The van der Waals surface area contributed by atoms with Crippen LogP contribution in [0, 0.1) is 23.2 Å². The van der Waals surface area contributed by atoms with Crippen LogP contribution >= 0.6 is 24.0 Å². The first-order valence-corrected chi connectivity index (χ1v) is 8.83. The maximum atomic E-state index is 5.86. The predicted octanol–water partition coefficient (Wildman–Crippen LogP) is 3.02. The van der Waals surface area contributed by atoms with Crippen LogP contribution in [-0.2, 0) is 4.74 Å². The van der Waals surface area contributed by atoms with Gasteiger partial charge in [-0.2, -0.15) is 0 Å². The normalized spacial score (nSPS) is 26.4. The minimum absolute atomic E-state index is 0. The van der Waals surface area contributed by atoms with Crippen molar-refractivity contribution in [2.24, 2.45) is 16.3 Å². The quantitative estimate of drug-likeness (QED) is 0.320. The number of halogens is 1. The highest BCUT2D eigenvalue weighted by molar-refractivity contribution is 14.0. The molecule has 1 aliphatic carbocycles. The molecule has 25 heavy (non-hydrogen) atoms. The molecule has 2 aliphatic rings. The molecule has 0 amide bonds. The van der Waals surface area contributed by atoms with E-state index in [0.29, 0.717) is 24.6 Å². The van der Waals surface area contributed by atoms with Gasteiger partial charge in [-0.25, -0.2) is 4.99 Å². The second-order valence-corrected chi connectivity index (χ2v) is 7.05. The third kappa shape index (κ3) is 4.48. The van der Waals surface area contributed by atoms with Crippen LogP contribution in [0.2, 0.25) is 0 Å². The molecule has 2 fully saturated rings. The standard InChI is InChI=1S/C20H27N3O.HI/c1-4-21-19(22-13-8-11-15-9-6-5-7-10-15)23-17-16-12-14-24-18(16)20(17,2)3;/h5-7,9-10,16-18H,4,12-14H2,1-3H3,(H2,21,22,23);1H. The van der Waals surface area contributed by atoms with E-state index in [4.69, 9.17) is 4.74 Å². The molecule has 0 radical (unpaired) electrons. The Balaban J connectivity index is 0.00000225. The smallest absolute Gasteiger partial charge is 0.192 e. The Bertz CT molecular complexity index is 648. The topological polar surface area (TPSA) is 45.7 Å². The first-order chi connectivity index (χ1) is 11.6. The summed E-state index contributed by atoms with van der Waals surface area (Å²) in [5, 5.41) is 6.93. The molecule has 1 aromatic rings. The molecular formula is C20H28IN3O. The summed E-state index contributed by atoms with van der Waals surface area (Å²) >= 11 is 0. The van der Waals surface area contributed by atoms with Gasteiger partial charge in [0.2, 0.25) is 0 Å². The summed E-state index contributed by atoms with van der Waals surface area (Å²) < 4.78 is 5.86. The molecular weight excluding hydrogens is 425 g/mol. The average Bonchev–Trinajstić information content (AvgIpc) is 3.04. The van der Waals surface area contributed by atoms with Gasteiger partial charge >= 0.3 is 0 Å². The molecule has 0 bridgehead atoms. The minimum Gasteiger partial charge on any atom is -0.377 e. The lowest BCUT2D eigenvalue weighted by atomic mass is 9.57. The lowest BCUT2D eigenvalue weighted by Gasteiger charge is -2.54. The molecule has 3 atom stereocenters. The Morgan fingerprint density at radius 2 is 2.08 bits per heavy atom. The number of guanidine groups is 1. The molecule has 1 heterocycles. The lowest BCUT2D eigenvalue weighted by Crippen LogP contribution is -2.67. The Kier molecular flexibility index (Phi) is 7.14. The second kappa shape index (κ2) is 8.91. The molecule has 1 aliphatic heterocycles. The highest BCUT2D eigenvalue weighted by Crippen LogP contribution is 2.52. The fourth-order valence-electron chi connectivity index (χ4n) is 3.87. The molecule has 1 aromatic carbocycles. The zero-order chi connectivity index (χ0) is 17.0. The molecule has 4 nitrogen and oxygen atoms in total. The van der Waals surface area contributed by atoms with E-state index >= 15 is 0 Å².